The van der Waals surface area contributed by atoms with Gasteiger partial charge in [0.05, 0.1) is 29.1 Å². The van der Waals surface area contributed by atoms with Crippen LogP contribution in [0.4, 0.5) is 17.1 Å². The number of rotatable bonds is 8. The van der Waals surface area contributed by atoms with E-state index in [0.29, 0.717) is 34.1 Å². The second kappa shape index (κ2) is 8.91. The molecule has 0 amide bonds. The Labute approximate surface area is 158 Å². The molecule has 0 saturated heterocycles. The highest BCUT2D eigenvalue weighted by molar-refractivity contribution is 7.92. The van der Waals surface area contributed by atoms with Crippen LogP contribution < -0.4 is 10.0 Å². The van der Waals surface area contributed by atoms with Crippen molar-refractivity contribution in [1.29, 1.82) is 0 Å². The van der Waals surface area contributed by atoms with Gasteiger partial charge in [0.1, 0.15) is 0 Å². The molecule has 140 valence electrons. The number of unbranched alkanes of at least 4 members (excludes halogenated alkanes) is 1. The molecule has 2 aromatic carbocycles. The molecule has 0 bridgehead atoms. The van der Waals surface area contributed by atoms with E-state index in [0.717, 1.165) is 6.42 Å². The third kappa shape index (κ3) is 5.64. The summed E-state index contributed by atoms with van der Waals surface area (Å²) in [7, 11) is -2.03. The lowest BCUT2D eigenvalue weighted by Crippen LogP contribution is -2.16. The Morgan fingerprint density at radius 2 is 1.77 bits per heavy atom. The third-order valence-corrected chi connectivity index (χ3v) is 5.29. The van der Waals surface area contributed by atoms with Gasteiger partial charge in [0.15, 0.2) is 0 Å². The van der Waals surface area contributed by atoms with Crippen molar-refractivity contribution in [2.45, 2.75) is 19.8 Å². The van der Waals surface area contributed by atoms with E-state index in [9.17, 15) is 13.2 Å². The van der Waals surface area contributed by atoms with Crippen molar-refractivity contribution in [3.63, 3.8) is 0 Å². The van der Waals surface area contributed by atoms with Crippen molar-refractivity contribution in [3.8, 4) is 0 Å². The van der Waals surface area contributed by atoms with Crippen molar-refractivity contribution >= 4 is 44.7 Å². The van der Waals surface area contributed by atoms with Gasteiger partial charge in [-0.05, 0) is 48.9 Å². The summed E-state index contributed by atoms with van der Waals surface area (Å²) in [5.41, 5.74) is 2.11. The molecule has 0 aromatic heterocycles. The second-order valence-corrected chi connectivity index (χ2v) is 7.91. The average Bonchev–Trinajstić information content (AvgIpc) is 2.62. The number of hydrogen-bond acceptors (Lipinski definition) is 5. The van der Waals surface area contributed by atoms with E-state index in [1.54, 1.807) is 42.5 Å². The number of carbonyl (C=O) groups is 1. The number of halogens is 1. The predicted octanol–water partition coefficient (Wildman–Crippen LogP) is 4.41. The molecule has 2 N–H and O–H groups in total. The maximum absolute atomic E-state index is 11.9. The maximum Gasteiger partial charge on any atom is 0.337 e. The predicted molar refractivity (Wildman–Crippen MR) is 105 cm³/mol. The van der Waals surface area contributed by atoms with Gasteiger partial charge in [-0.15, -0.1) is 0 Å². The summed E-state index contributed by atoms with van der Waals surface area (Å²) in [6.07, 6.45) is 1.43. The molecule has 8 heteroatoms. The van der Waals surface area contributed by atoms with Crippen LogP contribution in [0.3, 0.4) is 0 Å². The zero-order chi connectivity index (χ0) is 19.2. The van der Waals surface area contributed by atoms with Gasteiger partial charge >= 0.3 is 5.97 Å². The highest BCUT2D eigenvalue weighted by Crippen LogP contribution is 2.27. The topological polar surface area (TPSA) is 84.5 Å². The van der Waals surface area contributed by atoms with Crippen LogP contribution >= 0.6 is 11.6 Å². The Kier molecular flexibility index (Phi) is 6.88. The Hall–Kier alpha value is -2.25. The van der Waals surface area contributed by atoms with E-state index in [1.807, 2.05) is 6.92 Å². The average molecular weight is 397 g/mol. The maximum atomic E-state index is 11.9. The third-order valence-electron chi connectivity index (χ3n) is 3.59. The van der Waals surface area contributed by atoms with Gasteiger partial charge in [-0.1, -0.05) is 24.9 Å². The summed E-state index contributed by atoms with van der Waals surface area (Å²) in [6, 6.07) is 11.5. The molecule has 0 fully saturated rings. The van der Waals surface area contributed by atoms with Gasteiger partial charge < -0.3 is 10.1 Å². The normalized spacial score (nSPS) is 11.0. The van der Waals surface area contributed by atoms with Crippen LogP contribution in [0.2, 0.25) is 5.02 Å². The summed E-state index contributed by atoms with van der Waals surface area (Å²) in [5.74, 6) is -0.360. The Morgan fingerprint density at radius 3 is 2.38 bits per heavy atom. The molecular formula is C18H21ClN2O4S. The first-order valence-electron chi connectivity index (χ1n) is 8.10. The highest BCUT2D eigenvalue weighted by atomic mass is 35.5. The quantitative estimate of drug-likeness (QED) is 0.645. The molecule has 0 saturated carbocycles. The molecule has 0 aliphatic heterocycles. The zero-order valence-electron chi connectivity index (χ0n) is 14.6. The number of anilines is 3. The Balaban J connectivity index is 2.11. The molecule has 0 aliphatic rings. The van der Waals surface area contributed by atoms with Crippen LogP contribution in [-0.4, -0.2) is 27.2 Å². The van der Waals surface area contributed by atoms with E-state index in [-0.39, 0.29) is 5.75 Å². The molecule has 2 aromatic rings. The number of hydrogen-bond donors (Lipinski definition) is 2. The van der Waals surface area contributed by atoms with Gasteiger partial charge in [0, 0.05) is 11.4 Å². The molecule has 0 spiro atoms. The molecule has 0 heterocycles. The van der Waals surface area contributed by atoms with Gasteiger partial charge in [0.2, 0.25) is 10.0 Å². The van der Waals surface area contributed by atoms with E-state index in [2.05, 4.69) is 10.0 Å². The summed E-state index contributed by atoms with van der Waals surface area (Å²) < 4.78 is 31.1. The molecule has 6 nitrogen and oxygen atoms in total. The Morgan fingerprint density at radius 1 is 1.12 bits per heavy atom. The monoisotopic (exact) mass is 396 g/mol. The minimum atomic E-state index is -3.34. The summed E-state index contributed by atoms with van der Waals surface area (Å²) in [5, 5.41) is 3.55. The minimum Gasteiger partial charge on any atom is -0.465 e. The molecule has 26 heavy (non-hydrogen) atoms. The van der Waals surface area contributed by atoms with Crippen LogP contribution in [0.25, 0.3) is 0 Å². The number of esters is 1. The fourth-order valence-electron chi connectivity index (χ4n) is 2.21. The van der Waals surface area contributed by atoms with Crippen LogP contribution in [0.1, 0.15) is 30.1 Å². The van der Waals surface area contributed by atoms with E-state index in [4.69, 9.17) is 16.3 Å². The standard InChI is InChI=1S/C18H21ClN2O4S/c1-3-4-11-26(23,24)21-15-8-6-14(7-9-15)20-17-12-13(18(22)25-2)5-10-16(17)19/h5-10,12,20-21H,3-4,11H2,1-2H3. The van der Waals surface area contributed by atoms with Crippen LogP contribution in [0.15, 0.2) is 42.5 Å². The fourth-order valence-corrected chi connectivity index (χ4v) is 3.64. The number of methoxy groups -OCH3 is 1. The largest absolute Gasteiger partial charge is 0.465 e. The van der Waals surface area contributed by atoms with Crippen molar-refractivity contribution in [2.24, 2.45) is 0 Å². The fraction of sp³-hybridized carbons (Fsp3) is 0.278. The van der Waals surface area contributed by atoms with Gasteiger partial charge in [0.25, 0.3) is 0 Å². The van der Waals surface area contributed by atoms with Gasteiger partial charge in [-0.2, -0.15) is 0 Å². The first kappa shape index (κ1) is 20.1. The Bertz CT molecular complexity index is 867. The second-order valence-electron chi connectivity index (χ2n) is 5.66. The minimum absolute atomic E-state index is 0.0967. The summed E-state index contributed by atoms with van der Waals surface area (Å²) in [4.78, 5) is 11.6. The summed E-state index contributed by atoms with van der Waals surface area (Å²) in [6.45, 7) is 1.94. The number of benzene rings is 2. The lowest BCUT2D eigenvalue weighted by molar-refractivity contribution is 0.0601. The van der Waals surface area contributed by atoms with Crippen molar-refractivity contribution < 1.29 is 17.9 Å². The molecule has 0 atom stereocenters. The zero-order valence-corrected chi connectivity index (χ0v) is 16.2. The number of carbonyl (C=O) groups excluding carboxylic acids is 1. The SMILES string of the molecule is CCCCS(=O)(=O)Nc1ccc(Nc2cc(C(=O)OC)ccc2Cl)cc1. The van der Waals surface area contributed by atoms with Crippen LogP contribution in [0, 0.1) is 0 Å². The number of sulfonamides is 1. The number of ether oxygens (including phenoxy) is 1. The van der Waals surface area contributed by atoms with Crippen LogP contribution in [-0.2, 0) is 14.8 Å². The molecular weight excluding hydrogens is 376 g/mol. The molecule has 0 radical (unpaired) electrons. The van der Waals surface area contributed by atoms with E-state index >= 15 is 0 Å². The molecule has 0 unspecified atom stereocenters. The van der Waals surface area contributed by atoms with Gasteiger partial charge in [-0.25, -0.2) is 13.2 Å². The molecule has 0 aliphatic carbocycles. The van der Waals surface area contributed by atoms with E-state index in [1.165, 1.54) is 7.11 Å². The highest BCUT2D eigenvalue weighted by Gasteiger charge is 2.11. The van der Waals surface area contributed by atoms with Crippen molar-refractivity contribution in [2.75, 3.05) is 22.9 Å². The molecule has 2 rings (SSSR count). The van der Waals surface area contributed by atoms with Crippen molar-refractivity contribution in [3.05, 3.63) is 53.1 Å². The number of nitrogens with one attached hydrogen (secondary N) is 2. The van der Waals surface area contributed by atoms with Gasteiger partial charge in [-0.3, -0.25) is 4.72 Å². The lowest BCUT2D eigenvalue weighted by atomic mass is 10.2. The lowest BCUT2D eigenvalue weighted by Gasteiger charge is -2.11. The first-order valence-corrected chi connectivity index (χ1v) is 10.1. The summed E-state index contributed by atoms with van der Waals surface area (Å²) >= 11 is 6.15. The first-order chi connectivity index (χ1) is 12.3. The smallest absolute Gasteiger partial charge is 0.337 e. The van der Waals surface area contributed by atoms with Crippen LogP contribution in [0.5, 0.6) is 0 Å². The van der Waals surface area contributed by atoms with Crippen molar-refractivity contribution in [1.82, 2.24) is 0 Å². The van der Waals surface area contributed by atoms with E-state index < -0.39 is 16.0 Å².